The Balaban J connectivity index is 0.000000126. The van der Waals surface area contributed by atoms with Gasteiger partial charge in [0.25, 0.3) is 0 Å². The normalized spacial score (nSPS) is 22.0. The van der Waals surface area contributed by atoms with Gasteiger partial charge in [-0.15, -0.1) is 11.8 Å². The number of hydrogen-bond acceptors (Lipinski definition) is 22. The molecule has 1 fully saturated rings. The quantitative estimate of drug-likeness (QED) is 0.0236. The molecule has 0 saturated heterocycles. The molecule has 10 atom stereocenters. The Morgan fingerprint density at radius 3 is 1.53 bits per heavy atom. The van der Waals surface area contributed by atoms with Gasteiger partial charge in [-0.3, -0.25) is 55.4 Å². The molecule has 131 heavy (non-hydrogen) atoms. The van der Waals surface area contributed by atoms with Gasteiger partial charge < -0.3 is 24.4 Å². The summed E-state index contributed by atoms with van der Waals surface area (Å²) in [6.45, 7) is 3.04. The van der Waals surface area contributed by atoms with Crippen LogP contribution in [0.15, 0.2) is 265 Å². The van der Waals surface area contributed by atoms with Crippen LogP contribution in [0.25, 0.3) is 44.4 Å². The number of fused-ring (bicyclic) bond motifs is 29. The first kappa shape index (κ1) is 91.5. The molecule has 10 unspecified atom stereocenters. The van der Waals surface area contributed by atoms with Crippen molar-refractivity contribution >= 4 is 99.5 Å². The summed E-state index contributed by atoms with van der Waals surface area (Å²) in [7, 11) is -7.36. The smallest absolute Gasteiger partial charge is 0.355 e. The highest BCUT2D eigenvalue weighted by atomic mass is 32.2. The number of H-pyrrole nitrogens is 3. The third-order valence-electron chi connectivity index (χ3n) is 26.1. The van der Waals surface area contributed by atoms with E-state index in [1.165, 1.54) is 218 Å². The van der Waals surface area contributed by atoms with Crippen LogP contribution in [0.4, 0.5) is 0 Å². The number of esters is 2. The van der Waals surface area contributed by atoms with Crippen molar-refractivity contribution in [1.29, 1.82) is 0 Å². The van der Waals surface area contributed by atoms with Crippen LogP contribution >= 0.6 is 23.5 Å². The minimum Gasteiger partial charge on any atom is -0.461 e. The number of rotatable bonds is 18. The van der Waals surface area contributed by atoms with Gasteiger partial charge in [-0.25, -0.2) is 31.6 Å². The number of benzene rings is 4. The SMILES string of the molecule is C1=C2CCC1C1=C(C2)c2cc3[nH]c(cc4[nH]c(cc5nc(cc1n2)C1=C5C2C=C(CC2)C1)c1c4C2C=C(CC2)C1)c1c3C2C=C(CC2)C1.CC(=O)OCC[N+](=O)[O-].CCOC(=O)c1[nH]cc2c1C1C=CC2CC1.O=[N+]([O-])/C=C/S(=O)(=O)c1ccccc1.O=[N+]([O-])/C=C/Sc1ccccc1.O=[N+]([O-])C1C2C=CC(CC2)C1S(=O)(=O)c1ccccc1.O=[N+]([O-])CCSc1ccccc1. The second-order valence-electron chi connectivity index (χ2n) is 34.3. The van der Waals surface area contributed by atoms with Crippen LogP contribution in [0, 0.1) is 74.2 Å². The van der Waals surface area contributed by atoms with Gasteiger partial charge in [0.05, 0.1) is 54.8 Å². The molecule has 2 aliphatic heterocycles. The average molecular weight is 1840 g/mol. The van der Waals surface area contributed by atoms with Gasteiger partial charge in [0.1, 0.15) is 16.4 Å². The largest absolute Gasteiger partial charge is 0.461 e. The summed E-state index contributed by atoms with van der Waals surface area (Å²) in [5, 5.41) is 51.8. The van der Waals surface area contributed by atoms with Crippen LogP contribution in [0.2, 0.25) is 0 Å². The number of aromatic nitrogens is 5. The maximum atomic E-state index is 12.8. The Kier molecular flexibility index (Phi) is 28.2. The van der Waals surface area contributed by atoms with Gasteiger partial charge in [0.15, 0.2) is 16.4 Å². The number of carbonyl (C=O) groups excluding carboxylic acids is 2. The summed E-state index contributed by atoms with van der Waals surface area (Å²) >= 11 is 2.83. The first-order valence-electron chi connectivity index (χ1n) is 44.1. The molecule has 4 aromatic heterocycles. The molecule has 3 N–H and O–H groups in total. The second-order valence-corrected chi connectivity index (χ2v) is 40.4. The van der Waals surface area contributed by atoms with Crippen molar-refractivity contribution in [3.8, 4) is 0 Å². The van der Waals surface area contributed by atoms with Gasteiger partial charge in [0.2, 0.25) is 41.4 Å². The van der Waals surface area contributed by atoms with E-state index in [4.69, 9.17) is 14.7 Å². The summed E-state index contributed by atoms with van der Waals surface area (Å²) in [5.74, 6) is 2.22. The Hall–Kier alpha value is -12.8. The number of hydrogen-bond donors (Lipinski definition) is 3. The topological polar surface area (TPSA) is 410 Å². The summed E-state index contributed by atoms with van der Waals surface area (Å²) in [4.78, 5) is 94.5. The molecule has 32 heteroatoms. The Morgan fingerprint density at radius 1 is 0.504 bits per heavy atom. The monoisotopic (exact) mass is 1840 g/mol. The number of sulfone groups is 2. The van der Waals surface area contributed by atoms with E-state index in [1.54, 1.807) is 58.7 Å². The lowest BCUT2D eigenvalue weighted by molar-refractivity contribution is -0.533. The van der Waals surface area contributed by atoms with Crippen LogP contribution in [0.3, 0.4) is 0 Å². The van der Waals surface area contributed by atoms with Crippen molar-refractivity contribution in [3.05, 3.63) is 358 Å². The molecule has 20 bridgehead atoms. The molecule has 676 valence electrons. The predicted octanol–water partition coefficient (Wildman–Crippen LogP) is 20.7. The van der Waals surface area contributed by atoms with Crippen molar-refractivity contribution < 1.29 is 60.5 Å². The van der Waals surface area contributed by atoms with E-state index >= 15 is 0 Å². The number of nitro groups is 5. The maximum Gasteiger partial charge on any atom is 0.355 e. The molecule has 0 spiro atoms. The predicted molar refractivity (Wildman–Crippen MR) is 503 cm³/mol. The maximum absolute atomic E-state index is 12.8. The van der Waals surface area contributed by atoms with E-state index in [1.807, 2.05) is 85.9 Å². The lowest BCUT2D eigenvalue weighted by Crippen LogP contribution is -2.53. The van der Waals surface area contributed by atoms with Gasteiger partial charge >= 0.3 is 11.9 Å². The lowest BCUT2D eigenvalue weighted by atomic mass is 9.72. The van der Waals surface area contributed by atoms with Crippen molar-refractivity contribution in [2.24, 2.45) is 23.7 Å². The van der Waals surface area contributed by atoms with Crippen molar-refractivity contribution in [2.45, 2.75) is 171 Å². The average Bonchev–Trinajstić information content (AvgIpc) is 1.59. The molecule has 8 aromatic rings. The standard InChI is InChI=1S/C44H38N4.C14H15NO4S.C13H15NO2.C8H7NO4S.C8H9NO2S.C8H7NO2S.C4H7NO4/c1-5-25-9-21(1)13-29-33-17-38-42-26-6-2-23(10-26)15-31(42)35(47-38)19-40-44-28-8-4-24(12-28)16-32(44)36(48-40)20-39-43-27-7-3-22(11-27)14-30(43)34(46-39)18-37(45-33)41(25)29;16-15(17)13-10-6-8-11(9-7-10)14(13)20(18,19)12-4-2-1-3-5-12;1-2-16-13(15)12-11-9-5-3-8(4-6-9)10(11)7-14-12;10-9(11)6-7-14(12,13)8-4-2-1-3-5-8;2*10-9(11)6-7-12-8-4-2-1-3-5-8;1-4(6)9-3-2-5(7)8/h9-12,17-20,25-28,45-46H,1-8,13-16H2;1-6,8,10-11,13-14H,7,9H2;3,5,7-9,14H,2,4,6H2,1H3;1-7H;1-5H,6-7H2;1-7H;2-3H2,1H3/b;;;7-6+;;7-6+;. The van der Waals surface area contributed by atoms with Crippen molar-refractivity contribution in [3.63, 3.8) is 0 Å². The van der Waals surface area contributed by atoms with Gasteiger partial charge in [-0.2, -0.15) is 0 Å². The van der Waals surface area contributed by atoms with E-state index in [2.05, 4.69) is 80.4 Å². The minimum absolute atomic E-state index is 0.0273. The number of nitrogens with zero attached hydrogens (tertiary/aromatic N) is 7. The number of allylic oxidation sites excluding steroid dienone is 15. The molecule has 1 saturated carbocycles. The summed E-state index contributed by atoms with van der Waals surface area (Å²) in [5.41, 5.74) is 31.5. The fraction of sp³-hybridized carbons (Fsp3) is 0.333. The summed E-state index contributed by atoms with van der Waals surface area (Å²) in [6.07, 6.45) is 39.6. The van der Waals surface area contributed by atoms with E-state index in [9.17, 15) is 77.0 Å². The fourth-order valence-corrected chi connectivity index (χ4v) is 25.1. The zero-order valence-corrected chi connectivity index (χ0v) is 75.4. The van der Waals surface area contributed by atoms with Gasteiger partial charge in [0, 0.05) is 112 Å². The van der Waals surface area contributed by atoms with Crippen LogP contribution in [0.1, 0.15) is 194 Å². The number of aromatic amines is 3. The van der Waals surface area contributed by atoms with E-state index in [-0.39, 0.29) is 52.2 Å². The van der Waals surface area contributed by atoms with Crippen molar-refractivity contribution in [2.75, 3.05) is 32.1 Å². The van der Waals surface area contributed by atoms with Crippen LogP contribution in [-0.4, -0.2) is 122 Å². The van der Waals surface area contributed by atoms with Crippen LogP contribution < -0.4 is 0 Å². The van der Waals surface area contributed by atoms with Crippen molar-refractivity contribution in [1.82, 2.24) is 24.9 Å². The third-order valence-corrected chi connectivity index (χ3v) is 31.6. The lowest BCUT2D eigenvalue weighted by Gasteiger charge is -2.39. The summed E-state index contributed by atoms with van der Waals surface area (Å²) in [6, 6.07) is 43.5. The zero-order chi connectivity index (χ0) is 91.8. The molecule has 14 aliphatic carbocycles. The summed E-state index contributed by atoms with van der Waals surface area (Å²) < 4.78 is 57.5. The first-order valence-corrected chi connectivity index (χ1v) is 49.1. The first-order chi connectivity index (χ1) is 63.2. The van der Waals surface area contributed by atoms with E-state index in [0.29, 0.717) is 78.0 Å². The van der Waals surface area contributed by atoms with Gasteiger partial charge in [-0.1, -0.05) is 155 Å². The second kappa shape index (κ2) is 40.3. The highest BCUT2D eigenvalue weighted by Crippen LogP contribution is 2.55. The number of nitrogens with one attached hydrogen (secondary N) is 3. The number of ether oxygens (including phenoxy) is 2. The Morgan fingerprint density at radius 2 is 0.992 bits per heavy atom. The molecule has 0 amide bonds. The van der Waals surface area contributed by atoms with E-state index in [0.717, 1.165) is 48.1 Å². The number of carbonyl (C=O) groups is 2. The number of thioether (sulfide) groups is 2. The molecule has 28 nitrogen and oxygen atoms in total. The minimum atomic E-state index is -3.68. The highest BCUT2D eigenvalue weighted by Gasteiger charge is 2.55. The zero-order valence-electron chi connectivity index (χ0n) is 72.1. The molecule has 6 heterocycles. The molecular formula is C99H98N10O18S4. The van der Waals surface area contributed by atoms with E-state index < -0.39 is 56.6 Å². The van der Waals surface area contributed by atoms with Crippen LogP contribution in [-0.2, 0) is 46.8 Å². The third kappa shape index (κ3) is 20.8. The molecular weight excluding hydrogens is 1750 g/mol. The van der Waals surface area contributed by atoms with Gasteiger partial charge in [-0.05, 0) is 238 Å². The molecule has 16 aliphatic rings. The molecule has 0 radical (unpaired) electrons. The molecule has 4 aromatic carbocycles. The molecule has 24 rings (SSSR count). The Bertz CT molecular complexity index is 6570. The fourth-order valence-electron chi connectivity index (χ4n) is 20.5. The Labute approximate surface area is 765 Å². The highest BCUT2D eigenvalue weighted by molar-refractivity contribution is 8.02. The van der Waals surface area contributed by atoms with Crippen LogP contribution in [0.5, 0.6) is 0 Å².